The molecule has 112 valence electrons. The first-order chi connectivity index (χ1) is 11.3. The molecule has 0 aliphatic rings. The molecule has 0 spiro atoms. The van der Waals surface area contributed by atoms with Crippen molar-refractivity contribution in [1.29, 1.82) is 0 Å². The number of carbonyl (C=O) groups excluding carboxylic acids is 1. The van der Waals surface area contributed by atoms with Gasteiger partial charge in [0.25, 0.3) is 5.91 Å². The maximum Gasteiger partial charge on any atom is 0.251 e. The fourth-order valence-corrected chi connectivity index (χ4v) is 2.63. The number of carbonyl (C=O) groups is 1. The van der Waals surface area contributed by atoms with Crippen LogP contribution in [0.3, 0.4) is 0 Å². The van der Waals surface area contributed by atoms with Crippen LogP contribution in [0.15, 0.2) is 71.5 Å². The van der Waals surface area contributed by atoms with E-state index in [4.69, 9.17) is 4.42 Å². The van der Waals surface area contributed by atoms with Gasteiger partial charge in [0.2, 0.25) is 0 Å². The number of fused-ring (bicyclic) bond motifs is 2. The quantitative estimate of drug-likeness (QED) is 0.624. The highest BCUT2D eigenvalue weighted by Gasteiger charge is 2.07. The predicted octanol–water partition coefficient (Wildman–Crippen LogP) is 3.91. The Hall–Kier alpha value is -3.14. The molecule has 0 aliphatic carbocycles. The van der Waals surface area contributed by atoms with Gasteiger partial charge in [0, 0.05) is 29.1 Å². The highest BCUT2D eigenvalue weighted by molar-refractivity contribution is 5.97. The van der Waals surface area contributed by atoms with Crippen LogP contribution < -0.4 is 5.32 Å². The molecule has 0 saturated heterocycles. The molecule has 2 aromatic carbocycles. The Morgan fingerprint density at radius 1 is 1.04 bits per heavy atom. The fourth-order valence-electron chi connectivity index (χ4n) is 2.63. The zero-order valence-corrected chi connectivity index (χ0v) is 12.3. The van der Waals surface area contributed by atoms with E-state index in [1.807, 2.05) is 48.5 Å². The fraction of sp³-hybridized carbons (Fsp3) is 0.0526. The molecule has 2 heterocycles. The van der Waals surface area contributed by atoms with Gasteiger partial charge in [-0.3, -0.25) is 9.78 Å². The standard InChI is InChI=1S/C19H14N2O2/c22-19(16-4-5-17-14(11-16)2-1-8-20-17)21-12-13-3-6-18-15(10-13)7-9-23-18/h1-11H,12H2,(H,21,22). The Morgan fingerprint density at radius 2 is 2.00 bits per heavy atom. The molecule has 0 unspecified atom stereocenters. The van der Waals surface area contributed by atoms with Gasteiger partial charge in [-0.1, -0.05) is 12.1 Å². The number of furan rings is 1. The lowest BCUT2D eigenvalue weighted by Crippen LogP contribution is -2.22. The van der Waals surface area contributed by atoms with E-state index in [1.165, 1.54) is 0 Å². The van der Waals surface area contributed by atoms with Crippen molar-refractivity contribution in [3.05, 3.63) is 78.2 Å². The van der Waals surface area contributed by atoms with Crippen molar-refractivity contribution in [3.8, 4) is 0 Å². The number of nitrogens with zero attached hydrogens (tertiary/aromatic N) is 1. The van der Waals surface area contributed by atoms with E-state index in [-0.39, 0.29) is 5.91 Å². The second kappa shape index (κ2) is 5.57. The van der Waals surface area contributed by atoms with E-state index in [0.29, 0.717) is 12.1 Å². The van der Waals surface area contributed by atoms with Crippen LogP contribution in [0.4, 0.5) is 0 Å². The Labute approximate surface area is 132 Å². The highest BCUT2D eigenvalue weighted by Crippen LogP contribution is 2.17. The number of hydrogen-bond acceptors (Lipinski definition) is 3. The normalized spacial score (nSPS) is 11.0. The third-order valence-electron chi connectivity index (χ3n) is 3.84. The molecule has 2 aromatic heterocycles. The van der Waals surface area contributed by atoms with Crippen molar-refractivity contribution in [3.63, 3.8) is 0 Å². The molecule has 0 radical (unpaired) electrons. The number of hydrogen-bond donors (Lipinski definition) is 1. The molecular formula is C19H14N2O2. The second-order valence-corrected chi connectivity index (χ2v) is 5.39. The summed E-state index contributed by atoms with van der Waals surface area (Å²) in [4.78, 5) is 16.6. The Kier molecular flexibility index (Phi) is 3.27. The minimum atomic E-state index is -0.0944. The van der Waals surface area contributed by atoms with Gasteiger partial charge in [0.1, 0.15) is 5.58 Å². The van der Waals surface area contributed by atoms with Crippen LogP contribution >= 0.6 is 0 Å². The zero-order chi connectivity index (χ0) is 15.6. The van der Waals surface area contributed by atoms with Crippen LogP contribution in [0.1, 0.15) is 15.9 Å². The molecule has 0 aliphatic heterocycles. The van der Waals surface area contributed by atoms with Crippen molar-refractivity contribution < 1.29 is 9.21 Å². The average molecular weight is 302 g/mol. The topological polar surface area (TPSA) is 55.1 Å². The molecule has 4 heteroatoms. The molecule has 1 N–H and O–H groups in total. The van der Waals surface area contributed by atoms with Gasteiger partial charge in [-0.2, -0.15) is 0 Å². The summed E-state index contributed by atoms with van der Waals surface area (Å²) in [6.45, 7) is 0.477. The number of benzene rings is 2. The van der Waals surface area contributed by atoms with Crippen LogP contribution in [0.2, 0.25) is 0 Å². The number of amides is 1. The van der Waals surface area contributed by atoms with E-state index in [0.717, 1.165) is 27.4 Å². The summed E-state index contributed by atoms with van der Waals surface area (Å²) in [6.07, 6.45) is 3.41. The van der Waals surface area contributed by atoms with Gasteiger partial charge in [0.05, 0.1) is 11.8 Å². The molecular weight excluding hydrogens is 288 g/mol. The molecule has 23 heavy (non-hydrogen) atoms. The second-order valence-electron chi connectivity index (χ2n) is 5.39. The largest absolute Gasteiger partial charge is 0.464 e. The van der Waals surface area contributed by atoms with Crippen molar-refractivity contribution >= 4 is 27.8 Å². The van der Waals surface area contributed by atoms with Crippen molar-refractivity contribution in [1.82, 2.24) is 10.3 Å². The predicted molar refractivity (Wildman–Crippen MR) is 89.1 cm³/mol. The van der Waals surface area contributed by atoms with Crippen molar-refractivity contribution in [2.24, 2.45) is 0 Å². The minimum Gasteiger partial charge on any atom is -0.464 e. The van der Waals surface area contributed by atoms with E-state index in [1.54, 1.807) is 18.5 Å². The molecule has 0 saturated carbocycles. The van der Waals surface area contributed by atoms with Gasteiger partial charge in [-0.15, -0.1) is 0 Å². The first-order valence-electron chi connectivity index (χ1n) is 7.39. The number of aromatic nitrogens is 1. The van der Waals surface area contributed by atoms with E-state index >= 15 is 0 Å². The van der Waals surface area contributed by atoms with Gasteiger partial charge < -0.3 is 9.73 Å². The monoisotopic (exact) mass is 302 g/mol. The van der Waals surface area contributed by atoms with Crippen molar-refractivity contribution in [2.45, 2.75) is 6.54 Å². The average Bonchev–Trinajstić information content (AvgIpc) is 3.07. The van der Waals surface area contributed by atoms with Crippen LogP contribution in [0.5, 0.6) is 0 Å². The molecule has 4 nitrogen and oxygen atoms in total. The Balaban J connectivity index is 1.51. The molecule has 0 fully saturated rings. The zero-order valence-electron chi connectivity index (χ0n) is 12.3. The SMILES string of the molecule is O=C(NCc1ccc2occc2c1)c1ccc2ncccc2c1. The third-order valence-corrected chi connectivity index (χ3v) is 3.84. The van der Waals surface area contributed by atoms with Gasteiger partial charge in [0.15, 0.2) is 0 Å². The van der Waals surface area contributed by atoms with Gasteiger partial charge in [-0.25, -0.2) is 0 Å². The van der Waals surface area contributed by atoms with Crippen LogP contribution in [-0.4, -0.2) is 10.9 Å². The first kappa shape index (κ1) is 13.5. The van der Waals surface area contributed by atoms with Crippen LogP contribution in [0.25, 0.3) is 21.9 Å². The van der Waals surface area contributed by atoms with E-state index in [9.17, 15) is 4.79 Å². The summed E-state index contributed by atoms with van der Waals surface area (Å²) in [7, 11) is 0. The van der Waals surface area contributed by atoms with Gasteiger partial charge >= 0.3 is 0 Å². The maximum atomic E-state index is 12.3. The van der Waals surface area contributed by atoms with E-state index in [2.05, 4.69) is 10.3 Å². The Bertz CT molecular complexity index is 1000. The summed E-state index contributed by atoms with van der Waals surface area (Å²) < 4.78 is 5.32. The minimum absolute atomic E-state index is 0.0944. The van der Waals surface area contributed by atoms with E-state index < -0.39 is 0 Å². The van der Waals surface area contributed by atoms with Crippen molar-refractivity contribution in [2.75, 3.05) is 0 Å². The molecule has 1 amide bonds. The van der Waals surface area contributed by atoms with Gasteiger partial charge in [-0.05, 0) is 48.0 Å². The molecule has 0 atom stereocenters. The number of pyridine rings is 1. The lowest BCUT2D eigenvalue weighted by molar-refractivity contribution is 0.0951. The summed E-state index contributed by atoms with van der Waals surface area (Å²) in [5, 5.41) is 4.94. The summed E-state index contributed by atoms with van der Waals surface area (Å²) in [5.74, 6) is -0.0944. The maximum absolute atomic E-state index is 12.3. The van der Waals surface area contributed by atoms with Crippen LogP contribution in [-0.2, 0) is 6.54 Å². The molecule has 0 bridgehead atoms. The molecule has 4 aromatic rings. The smallest absolute Gasteiger partial charge is 0.251 e. The summed E-state index contributed by atoms with van der Waals surface area (Å²) >= 11 is 0. The van der Waals surface area contributed by atoms with Crippen LogP contribution in [0, 0.1) is 0 Å². The Morgan fingerprint density at radius 3 is 2.96 bits per heavy atom. The summed E-state index contributed by atoms with van der Waals surface area (Å²) in [5.41, 5.74) is 3.40. The number of nitrogens with one attached hydrogen (secondary N) is 1. The lowest BCUT2D eigenvalue weighted by atomic mass is 10.1. The number of rotatable bonds is 3. The first-order valence-corrected chi connectivity index (χ1v) is 7.39. The molecule has 4 rings (SSSR count). The third kappa shape index (κ3) is 2.66. The lowest BCUT2D eigenvalue weighted by Gasteiger charge is -2.06. The highest BCUT2D eigenvalue weighted by atomic mass is 16.3. The summed E-state index contributed by atoms with van der Waals surface area (Å²) in [6, 6.07) is 17.1.